The Morgan fingerprint density at radius 2 is 1.31 bits per heavy atom. The third-order valence-electron chi connectivity index (χ3n) is 4.37. The zero-order valence-corrected chi connectivity index (χ0v) is 18.1. The van der Waals surface area contributed by atoms with E-state index in [4.69, 9.17) is 46.4 Å². The molecule has 29 heavy (non-hydrogen) atoms. The number of hydrogen-bond donors (Lipinski definition) is 3. The van der Waals surface area contributed by atoms with Crippen LogP contribution in [-0.4, -0.2) is 23.2 Å². The highest BCUT2D eigenvalue weighted by Crippen LogP contribution is 2.52. The number of halogens is 4. The Morgan fingerprint density at radius 3 is 1.83 bits per heavy atom. The Morgan fingerprint density at radius 1 is 0.759 bits per heavy atom. The maximum atomic E-state index is 13.0. The first kappa shape index (κ1) is 22.0. The summed E-state index contributed by atoms with van der Waals surface area (Å²) in [5, 5.41) is 19.6. The lowest BCUT2D eigenvalue weighted by Gasteiger charge is -2.33. The molecule has 0 bridgehead atoms. The number of aromatic hydroxyl groups is 2. The van der Waals surface area contributed by atoms with Crippen LogP contribution in [0.25, 0.3) is 0 Å². The van der Waals surface area contributed by atoms with E-state index in [-0.39, 0.29) is 26.7 Å². The van der Waals surface area contributed by atoms with Crippen molar-refractivity contribution < 1.29 is 23.2 Å². The lowest BCUT2D eigenvalue weighted by atomic mass is 9.83. The quantitative estimate of drug-likeness (QED) is 0.311. The summed E-state index contributed by atoms with van der Waals surface area (Å²) < 4.78 is 34.0. The van der Waals surface area contributed by atoms with Crippen LogP contribution < -0.4 is 0 Å². The van der Waals surface area contributed by atoms with Crippen LogP contribution in [0, 0.1) is 0 Å². The second-order valence-electron chi connectivity index (χ2n) is 6.10. The first-order chi connectivity index (χ1) is 13.5. The Labute approximate surface area is 186 Å². The van der Waals surface area contributed by atoms with E-state index in [1.54, 1.807) is 18.2 Å². The maximum absolute atomic E-state index is 13.0. The Hall–Kier alpha value is -1.67. The van der Waals surface area contributed by atoms with Gasteiger partial charge in [0.1, 0.15) is 10.8 Å². The molecular weight excluding hydrogens is 482 g/mol. The van der Waals surface area contributed by atoms with Gasteiger partial charge in [-0.15, -0.1) is 0 Å². The van der Waals surface area contributed by atoms with Gasteiger partial charge in [0.2, 0.25) is 0 Å². The predicted molar refractivity (Wildman–Crippen MR) is 114 cm³/mol. The summed E-state index contributed by atoms with van der Waals surface area (Å²) in [7, 11) is -5.06. The molecule has 0 aromatic heterocycles. The summed E-state index contributed by atoms with van der Waals surface area (Å²) in [5.41, 5.74) is -0.346. The van der Waals surface area contributed by atoms with Gasteiger partial charge in [-0.05, 0) is 35.4 Å². The smallest absolute Gasteiger partial charge is 0.283 e. The van der Waals surface area contributed by atoms with E-state index in [0.717, 1.165) is 6.07 Å². The monoisotopic (exact) mass is 492 g/mol. The van der Waals surface area contributed by atoms with Gasteiger partial charge >= 0.3 is 0 Å². The standard InChI is InChI=1S/C19H12Cl4O5S/c20-12-6-11(7-13(21)8-12)19(29(26,27)28,10-4-2-1-3-5-10)14-9-15(24)17(23)18(25)16(14)22/h1-9,24-25H,(H,26,27,28). The molecule has 3 rings (SSSR count). The fourth-order valence-electron chi connectivity index (χ4n) is 3.21. The predicted octanol–water partition coefficient (Wildman–Crippen LogP) is 5.89. The molecule has 1 atom stereocenters. The molecule has 10 heteroatoms. The van der Waals surface area contributed by atoms with E-state index in [1.165, 1.54) is 30.3 Å². The van der Waals surface area contributed by atoms with Crippen molar-refractivity contribution in [3.63, 3.8) is 0 Å². The van der Waals surface area contributed by atoms with Crippen LogP contribution in [0.5, 0.6) is 11.5 Å². The molecule has 0 radical (unpaired) electrons. The molecule has 3 N–H and O–H groups in total. The van der Waals surface area contributed by atoms with Gasteiger partial charge < -0.3 is 10.2 Å². The van der Waals surface area contributed by atoms with Crippen molar-refractivity contribution in [2.45, 2.75) is 4.75 Å². The topological polar surface area (TPSA) is 94.8 Å². The van der Waals surface area contributed by atoms with Gasteiger partial charge in [0.05, 0.1) is 5.02 Å². The molecule has 0 amide bonds. The average Bonchev–Trinajstić information content (AvgIpc) is 2.63. The summed E-state index contributed by atoms with van der Waals surface area (Å²) in [6.07, 6.45) is 0. The first-order valence-corrected chi connectivity index (χ1v) is 10.8. The molecule has 0 aliphatic rings. The van der Waals surface area contributed by atoms with E-state index in [2.05, 4.69) is 0 Å². The summed E-state index contributed by atoms with van der Waals surface area (Å²) in [5.74, 6) is -1.39. The molecule has 1 unspecified atom stereocenters. The normalized spacial score (nSPS) is 13.8. The van der Waals surface area contributed by atoms with Crippen LogP contribution in [0.1, 0.15) is 16.7 Å². The molecule has 0 spiro atoms. The largest absolute Gasteiger partial charge is 0.506 e. The minimum atomic E-state index is -5.06. The van der Waals surface area contributed by atoms with Gasteiger partial charge in [0.15, 0.2) is 10.5 Å². The SMILES string of the molecule is O=S(=O)(O)C(c1ccccc1)(c1cc(Cl)cc(Cl)c1)c1cc(O)c(Cl)c(O)c1Cl. The maximum Gasteiger partial charge on any atom is 0.283 e. The zero-order valence-electron chi connectivity index (χ0n) is 14.3. The summed E-state index contributed by atoms with van der Waals surface area (Å²) in [6, 6.07) is 12.5. The molecule has 0 fully saturated rings. The van der Waals surface area contributed by atoms with Crippen molar-refractivity contribution in [1.82, 2.24) is 0 Å². The summed E-state index contributed by atoms with van der Waals surface area (Å²) in [6.45, 7) is 0. The molecule has 0 saturated heterocycles. The van der Waals surface area contributed by atoms with Gasteiger partial charge in [0.25, 0.3) is 10.1 Å². The highest BCUT2D eigenvalue weighted by atomic mass is 35.5. The lowest BCUT2D eigenvalue weighted by Crippen LogP contribution is -2.38. The van der Waals surface area contributed by atoms with Crippen LogP contribution in [-0.2, 0) is 14.9 Å². The molecule has 3 aromatic rings. The Balaban J connectivity index is 2.62. The third kappa shape index (κ3) is 3.65. The van der Waals surface area contributed by atoms with Crippen LogP contribution >= 0.6 is 46.4 Å². The minimum Gasteiger partial charge on any atom is -0.506 e. The fourth-order valence-corrected chi connectivity index (χ4v) is 5.57. The molecule has 0 saturated carbocycles. The highest BCUT2D eigenvalue weighted by Gasteiger charge is 2.50. The zero-order chi connectivity index (χ0) is 21.6. The van der Waals surface area contributed by atoms with Crippen LogP contribution in [0.3, 0.4) is 0 Å². The van der Waals surface area contributed by atoms with Crippen molar-refractivity contribution in [1.29, 1.82) is 0 Å². The van der Waals surface area contributed by atoms with Crippen molar-refractivity contribution in [3.8, 4) is 11.5 Å². The lowest BCUT2D eigenvalue weighted by molar-refractivity contribution is 0.444. The Kier molecular flexibility index (Phi) is 5.98. The van der Waals surface area contributed by atoms with Crippen LogP contribution in [0.2, 0.25) is 20.1 Å². The molecule has 5 nitrogen and oxygen atoms in total. The van der Waals surface area contributed by atoms with Gasteiger partial charge in [0, 0.05) is 15.6 Å². The number of benzene rings is 3. The summed E-state index contributed by atoms with van der Waals surface area (Å²) >= 11 is 24.3. The van der Waals surface area contributed by atoms with Crippen molar-refractivity contribution in [2.75, 3.05) is 0 Å². The molecule has 0 aliphatic carbocycles. The number of rotatable bonds is 4. The van der Waals surface area contributed by atoms with Gasteiger partial charge in [-0.25, -0.2) is 0 Å². The molecule has 152 valence electrons. The number of phenols is 2. The van der Waals surface area contributed by atoms with E-state index in [9.17, 15) is 23.2 Å². The molecule has 0 aliphatic heterocycles. The number of hydrogen-bond acceptors (Lipinski definition) is 4. The molecule has 3 aromatic carbocycles. The Bertz CT molecular complexity index is 1180. The van der Waals surface area contributed by atoms with E-state index < -0.39 is 36.4 Å². The molecule has 0 heterocycles. The second kappa shape index (κ2) is 7.87. The minimum absolute atomic E-state index is 0.0591. The van der Waals surface area contributed by atoms with Crippen molar-refractivity contribution in [3.05, 3.63) is 91.4 Å². The summed E-state index contributed by atoms with van der Waals surface area (Å²) in [4.78, 5) is 0. The van der Waals surface area contributed by atoms with Crippen LogP contribution in [0.15, 0.2) is 54.6 Å². The first-order valence-electron chi connectivity index (χ1n) is 7.89. The number of phenolic OH excluding ortho intramolecular Hbond substituents is 2. The fraction of sp³-hybridized carbons (Fsp3) is 0.0526. The average molecular weight is 494 g/mol. The third-order valence-corrected chi connectivity index (χ3v) is 7.03. The van der Waals surface area contributed by atoms with E-state index in [1.807, 2.05) is 0 Å². The van der Waals surface area contributed by atoms with E-state index >= 15 is 0 Å². The van der Waals surface area contributed by atoms with Crippen LogP contribution in [0.4, 0.5) is 0 Å². The van der Waals surface area contributed by atoms with Crippen molar-refractivity contribution in [2.24, 2.45) is 0 Å². The van der Waals surface area contributed by atoms with E-state index in [0.29, 0.717) is 0 Å². The highest BCUT2D eigenvalue weighted by molar-refractivity contribution is 7.87. The van der Waals surface area contributed by atoms with Gasteiger partial charge in [-0.3, -0.25) is 4.55 Å². The van der Waals surface area contributed by atoms with Crippen molar-refractivity contribution >= 4 is 56.5 Å². The second-order valence-corrected chi connectivity index (χ2v) is 9.29. The van der Waals surface area contributed by atoms with Gasteiger partial charge in [-0.2, -0.15) is 8.42 Å². The molecular formula is C19H12Cl4O5S. The van der Waals surface area contributed by atoms with Gasteiger partial charge in [-0.1, -0.05) is 76.7 Å².